The maximum atomic E-state index is 12.3. The lowest BCUT2D eigenvalue weighted by molar-refractivity contribution is -0.142. The number of carbonyl (C=O) groups is 2. The van der Waals surface area contributed by atoms with Crippen LogP contribution < -0.4 is 5.32 Å². The van der Waals surface area contributed by atoms with Gasteiger partial charge in [-0.3, -0.25) is 14.6 Å². The second kappa shape index (κ2) is 6.83. The molecule has 1 fully saturated rings. The molecule has 1 atom stereocenters. The molecule has 1 aromatic carbocycles. The zero-order valence-electron chi connectivity index (χ0n) is 11.9. The molecule has 0 aliphatic carbocycles. The summed E-state index contributed by atoms with van der Waals surface area (Å²) >= 11 is 0. The first kappa shape index (κ1) is 15.0. The number of nitrogens with one attached hydrogen (secondary N) is 1. The number of hydrogen-bond acceptors (Lipinski definition) is 4. The quantitative estimate of drug-likeness (QED) is 0.819. The van der Waals surface area contributed by atoms with E-state index >= 15 is 0 Å². The van der Waals surface area contributed by atoms with Gasteiger partial charge in [-0.1, -0.05) is 30.3 Å². The SMILES string of the molecule is CC(=O)N1CCN(N=O)CC1C(=O)NCc1ccccc1. The number of hydrogen-bond donors (Lipinski definition) is 1. The second-order valence-electron chi connectivity index (χ2n) is 4.93. The third-order valence-electron chi connectivity index (χ3n) is 3.49. The zero-order chi connectivity index (χ0) is 15.2. The van der Waals surface area contributed by atoms with Crippen molar-refractivity contribution in [3.63, 3.8) is 0 Å². The number of amides is 2. The van der Waals surface area contributed by atoms with Gasteiger partial charge in [-0.2, -0.15) is 0 Å². The summed E-state index contributed by atoms with van der Waals surface area (Å²) in [5.74, 6) is -0.456. The fourth-order valence-electron chi connectivity index (χ4n) is 2.35. The normalized spacial score (nSPS) is 18.2. The van der Waals surface area contributed by atoms with Crippen molar-refractivity contribution < 1.29 is 9.59 Å². The fraction of sp³-hybridized carbons (Fsp3) is 0.429. The van der Waals surface area contributed by atoms with Crippen molar-refractivity contribution in [1.82, 2.24) is 15.2 Å². The monoisotopic (exact) mass is 290 g/mol. The molecule has 0 spiro atoms. The van der Waals surface area contributed by atoms with Crippen molar-refractivity contribution in [1.29, 1.82) is 0 Å². The Bertz CT molecular complexity index is 520. The molecule has 0 radical (unpaired) electrons. The highest BCUT2D eigenvalue weighted by atomic mass is 16.3. The van der Waals surface area contributed by atoms with Crippen LogP contribution in [0.1, 0.15) is 12.5 Å². The minimum absolute atomic E-state index is 0.129. The molecule has 1 unspecified atom stereocenters. The Morgan fingerprint density at radius 1 is 1.29 bits per heavy atom. The maximum Gasteiger partial charge on any atom is 0.244 e. The van der Waals surface area contributed by atoms with E-state index in [0.717, 1.165) is 5.56 Å². The van der Waals surface area contributed by atoms with Crippen LogP contribution in [0.4, 0.5) is 0 Å². The minimum Gasteiger partial charge on any atom is -0.350 e. The number of nitrogens with zero attached hydrogens (tertiary/aromatic N) is 3. The number of nitroso groups, excluding NO2 is 1. The van der Waals surface area contributed by atoms with Crippen LogP contribution in [0.15, 0.2) is 35.6 Å². The Morgan fingerprint density at radius 2 is 2.00 bits per heavy atom. The molecule has 0 aromatic heterocycles. The maximum absolute atomic E-state index is 12.3. The Kier molecular flexibility index (Phi) is 4.86. The molecule has 1 N–H and O–H groups in total. The summed E-state index contributed by atoms with van der Waals surface area (Å²) in [7, 11) is 0. The van der Waals surface area contributed by atoms with Gasteiger partial charge in [0.15, 0.2) is 0 Å². The van der Waals surface area contributed by atoms with Gasteiger partial charge in [-0.05, 0) is 5.56 Å². The Labute approximate surface area is 122 Å². The van der Waals surface area contributed by atoms with Gasteiger partial charge in [0.1, 0.15) is 6.04 Å². The molecule has 0 saturated carbocycles. The Hall–Kier alpha value is -2.44. The van der Waals surface area contributed by atoms with E-state index in [1.165, 1.54) is 16.8 Å². The molecule has 7 heteroatoms. The van der Waals surface area contributed by atoms with Gasteiger partial charge in [0.05, 0.1) is 18.4 Å². The van der Waals surface area contributed by atoms with Gasteiger partial charge in [0, 0.05) is 20.0 Å². The highest BCUT2D eigenvalue weighted by Gasteiger charge is 2.33. The standard InChI is InChI=1S/C14H18N4O3/c1-11(19)18-8-7-17(16-21)10-13(18)14(20)15-9-12-5-3-2-4-6-12/h2-6,13H,7-10H2,1H3,(H,15,20). The van der Waals surface area contributed by atoms with Crippen molar-refractivity contribution in [2.24, 2.45) is 5.29 Å². The molecule has 0 bridgehead atoms. The average molecular weight is 290 g/mol. The minimum atomic E-state index is -0.683. The highest BCUT2D eigenvalue weighted by Crippen LogP contribution is 2.11. The predicted octanol–water partition coefficient (Wildman–Crippen LogP) is 0.517. The van der Waals surface area contributed by atoms with Crippen molar-refractivity contribution in [3.05, 3.63) is 40.8 Å². The number of benzene rings is 1. The Balaban J connectivity index is 2.00. The van der Waals surface area contributed by atoms with Crippen LogP contribution in [-0.2, 0) is 16.1 Å². The molecule has 2 rings (SSSR count). The first-order chi connectivity index (χ1) is 10.1. The molecular formula is C14H18N4O3. The van der Waals surface area contributed by atoms with Crippen LogP contribution in [-0.4, -0.2) is 47.4 Å². The van der Waals surface area contributed by atoms with E-state index in [1.54, 1.807) is 0 Å². The summed E-state index contributed by atoms with van der Waals surface area (Å²) in [5, 5.41) is 6.92. The smallest absolute Gasteiger partial charge is 0.244 e. The van der Waals surface area contributed by atoms with Crippen molar-refractivity contribution in [3.8, 4) is 0 Å². The summed E-state index contributed by atoms with van der Waals surface area (Å²) in [5.41, 5.74) is 0.974. The topological polar surface area (TPSA) is 82.1 Å². The second-order valence-corrected chi connectivity index (χ2v) is 4.93. The first-order valence-corrected chi connectivity index (χ1v) is 6.79. The van der Waals surface area contributed by atoms with Crippen molar-refractivity contribution in [2.45, 2.75) is 19.5 Å². The third kappa shape index (κ3) is 3.77. The average Bonchev–Trinajstić information content (AvgIpc) is 2.52. The first-order valence-electron chi connectivity index (χ1n) is 6.79. The van der Waals surface area contributed by atoms with Gasteiger partial charge < -0.3 is 10.2 Å². The predicted molar refractivity (Wildman–Crippen MR) is 76.8 cm³/mol. The summed E-state index contributed by atoms with van der Waals surface area (Å²) in [6.45, 7) is 2.61. The fourth-order valence-corrected chi connectivity index (χ4v) is 2.35. The van der Waals surface area contributed by atoms with Crippen LogP contribution >= 0.6 is 0 Å². The summed E-state index contributed by atoms with van der Waals surface area (Å²) in [6, 6.07) is 8.81. The van der Waals surface area contributed by atoms with Gasteiger partial charge in [-0.25, -0.2) is 0 Å². The lowest BCUT2D eigenvalue weighted by Crippen LogP contribution is -2.59. The van der Waals surface area contributed by atoms with E-state index in [-0.39, 0.29) is 18.4 Å². The molecule has 7 nitrogen and oxygen atoms in total. The lowest BCUT2D eigenvalue weighted by Gasteiger charge is -2.37. The number of rotatable bonds is 4. The highest BCUT2D eigenvalue weighted by molar-refractivity contribution is 5.87. The molecule has 21 heavy (non-hydrogen) atoms. The van der Waals surface area contributed by atoms with Crippen LogP contribution in [0.2, 0.25) is 0 Å². The van der Waals surface area contributed by atoms with Gasteiger partial charge >= 0.3 is 0 Å². The van der Waals surface area contributed by atoms with Crippen molar-refractivity contribution >= 4 is 11.8 Å². The molecular weight excluding hydrogens is 272 g/mol. The van der Waals surface area contributed by atoms with Crippen LogP contribution in [0.3, 0.4) is 0 Å². The van der Waals surface area contributed by atoms with Crippen LogP contribution in [0, 0.1) is 4.91 Å². The lowest BCUT2D eigenvalue weighted by atomic mass is 10.1. The van der Waals surface area contributed by atoms with Gasteiger partial charge in [0.2, 0.25) is 11.8 Å². The van der Waals surface area contributed by atoms with E-state index in [2.05, 4.69) is 10.6 Å². The van der Waals surface area contributed by atoms with E-state index in [9.17, 15) is 14.5 Å². The van der Waals surface area contributed by atoms with Crippen LogP contribution in [0.5, 0.6) is 0 Å². The molecule has 112 valence electrons. The van der Waals surface area contributed by atoms with Crippen LogP contribution in [0.25, 0.3) is 0 Å². The molecule has 1 saturated heterocycles. The molecule has 1 aliphatic rings. The van der Waals surface area contributed by atoms with Crippen molar-refractivity contribution in [2.75, 3.05) is 19.6 Å². The third-order valence-corrected chi connectivity index (χ3v) is 3.49. The molecule has 2 amide bonds. The summed E-state index contributed by atoms with van der Waals surface area (Å²) < 4.78 is 0. The Morgan fingerprint density at radius 3 is 2.62 bits per heavy atom. The largest absolute Gasteiger partial charge is 0.350 e. The summed E-state index contributed by atoms with van der Waals surface area (Å²) in [6.07, 6.45) is 0. The van der Waals surface area contributed by atoms with Gasteiger partial charge in [0.25, 0.3) is 0 Å². The number of carbonyl (C=O) groups excluding carboxylic acids is 2. The molecule has 1 aliphatic heterocycles. The van der Waals surface area contributed by atoms with Gasteiger partial charge in [-0.15, -0.1) is 4.91 Å². The number of piperazine rings is 1. The molecule has 1 heterocycles. The van der Waals surface area contributed by atoms with E-state index < -0.39 is 6.04 Å². The summed E-state index contributed by atoms with van der Waals surface area (Å²) in [4.78, 5) is 36.0. The van der Waals surface area contributed by atoms with E-state index in [0.29, 0.717) is 19.6 Å². The molecule has 1 aromatic rings. The zero-order valence-corrected chi connectivity index (χ0v) is 11.9. The van der Waals surface area contributed by atoms with E-state index in [1.807, 2.05) is 30.3 Å². The van der Waals surface area contributed by atoms with E-state index in [4.69, 9.17) is 0 Å².